The van der Waals surface area contributed by atoms with E-state index in [0.717, 1.165) is 23.8 Å². The number of rotatable bonds is 6. The van der Waals surface area contributed by atoms with Gasteiger partial charge in [-0.25, -0.2) is 13.2 Å². The molecule has 4 rings (SSSR count). The van der Waals surface area contributed by atoms with Crippen LogP contribution < -0.4 is 5.32 Å². The van der Waals surface area contributed by atoms with Crippen molar-refractivity contribution < 1.29 is 27.3 Å². The molecule has 1 saturated heterocycles. The number of aromatic nitrogens is 2. The van der Waals surface area contributed by atoms with Gasteiger partial charge in [-0.05, 0) is 35.9 Å². The molecule has 0 bridgehead atoms. The van der Waals surface area contributed by atoms with E-state index in [-0.39, 0.29) is 36.5 Å². The van der Waals surface area contributed by atoms with Gasteiger partial charge in [-0.15, -0.1) is 0 Å². The molecule has 0 radical (unpaired) electrons. The highest BCUT2D eigenvalue weighted by molar-refractivity contribution is 5.94. The third-order valence-electron chi connectivity index (χ3n) is 4.92. The number of benzene rings is 2. The first-order valence-electron chi connectivity index (χ1n) is 9.47. The molecule has 1 N–H and O–H groups in total. The van der Waals surface area contributed by atoms with Crippen LogP contribution in [0.15, 0.2) is 47.0 Å². The van der Waals surface area contributed by atoms with E-state index >= 15 is 0 Å². The summed E-state index contributed by atoms with van der Waals surface area (Å²) in [7, 11) is 0. The minimum Gasteiger partial charge on any atom is -0.343 e. The average Bonchev–Trinajstić information content (AvgIpc) is 3.36. The molecule has 10 heteroatoms. The zero-order valence-electron chi connectivity index (χ0n) is 16.1. The van der Waals surface area contributed by atoms with Crippen LogP contribution in [-0.4, -0.2) is 33.4 Å². The number of carbonyl (C=O) groups excluding carboxylic acids is 2. The van der Waals surface area contributed by atoms with Crippen LogP contribution in [0.4, 0.5) is 13.2 Å². The highest BCUT2D eigenvalue weighted by Gasteiger charge is 2.33. The first kappa shape index (κ1) is 20.6. The van der Waals surface area contributed by atoms with E-state index in [0.29, 0.717) is 18.9 Å². The van der Waals surface area contributed by atoms with Crippen LogP contribution in [0.2, 0.25) is 0 Å². The summed E-state index contributed by atoms with van der Waals surface area (Å²) >= 11 is 0. The van der Waals surface area contributed by atoms with Crippen molar-refractivity contribution in [3.63, 3.8) is 0 Å². The molecule has 1 aromatic heterocycles. The number of hydrogen-bond donors (Lipinski definition) is 1. The van der Waals surface area contributed by atoms with Crippen molar-refractivity contribution >= 4 is 11.8 Å². The fourth-order valence-electron chi connectivity index (χ4n) is 3.34. The fourth-order valence-corrected chi connectivity index (χ4v) is 3.34. The third kappa shape index (κ3) is 4.73. The number of amides is 2. The van der Waals surface area contributed by atoms with Gasteiger partial charge in [-0.2, -0.15) is 4.98 Å². The number of hydrogen-bond acceptors (Lipinski definition) is 5. The average molecular weight is 430 g/mol. The molecule has 7 nitrogen and oxygen atoms in total. The Morgan fingerprint density at radius 1 is 1.13 bits per heavy atom. The maximum absolute atomic E-state index is 13.7. The van der Waals surface area contributed by atoms with Crippen molar-refractivity contribution in [3.05, 3.63) is 82.8 Å². The third-order valence-corrected chi connectivity index (χ3v) is 4.92. The first-order chi connectivity index (χ1) is 14.9. The Morgan fingerprint density at radius 2 is 1.87 bits per heavy atom. The van der Waals surface area contributed by atoms with Gasteiger partial charge in [0.1, 0.15) is 17.5 Å². The number of likely N-dealkylation sites (tertiary alicyclic amines) is 1. The molecule has 2 aromatic carbocycles. The Bertz CT molecular complexity index is 1120. The Kier molecular flexibility index (Phi) is 5.70. The lowest BCUT2D eigenvalue weighted by Gasteiger charge is -2.16. The Morgan fingerprint density at radius 3 is 2.65 bits per heavy atom. The minimum atomic E-state index is -0.851. The lowest BCUT2D eigenvalue weighted by atomic mass is 10.1. The van der Waals surface area contributed by atoms with Crippen LogP contribution in [0.5, 0.6) is 0 Å². The Labute approximate surface area is 174 Å². The van der Waals surface area contributed by atoms with Crippen molar-refractivity contribution in [2.24, 2.45) is 0 Å². The van der Waals surface area contributed by atoms with Crippen LogP contribution >= 0.6 is 0 Å². The number of halogens is 3. The number of nitrogens with zero attached hydrogens (tertiary/aromatic N) is 3. The van der Waals surface area contributed by atoms with Crippen LogP contribution in [0, 0.1) is 17.5 Å². The van der Waals surface area contributed by atoms with Crippen molar-refractivity contribution in [1.82, 2.24) is 20.4 Å². The van der Waals surface area contributed by atoms with Gasteiger partial charge in [0, 0.05) is 25.4 Å². The molecule has 160 valence electrons. The quantitative estimate of drug-likeness (QED) is 0.650. The molecule has 2 amide bonds. The molecule has 0 aliphatic carbocycles. The second-order valence-corrected chi connectivity index (χ2v) is 7.15. The lowest BCUT2D eigenvalue weighted by Crippen LogP contribution is -2.24. The van der Waals surface area contributed by atoms with Gasteiger partial charge in [0.25, 0.3) is 5.91 Å². The van der Waals surface area contributed by atoms with E-state index in [9.17, 15) is 22.8 Å². The molecular weight excluding hydrogens is 413 g/mol. The molecule has 2 heterocycles. The van der Waals surface area contributed by atoms with E-state index in [4.69, 9.17) is 4.52 Å². The monoisotopic (exact) mass is 430 g/mol. The Balaban J connectivity index is 1.35. The van der Waals surface area contributed by atoms with Gasteiger partial charge in [-0.1, -0.05) is 17.3 Å². The summed E-state index contributed by atoms with van der Waals surface area (Å²) < 4.78 is 45.0. The highest BCUT2D eigenvalue weighted by atomic mass is 19.1. The molecule has 1 aliphatic heterocycles. The highest BCUT2D eigenvalue weighted by Crippen LogP contribution is 2.27. The van der Waals surface area contributed by atoms with Gasteiger partial charge in [-0.3, -0.25) is 9.59 Å². The molecule has 31 heavy (non-hydrogen) atoms. The summed E-state index contributed by atoms with van der Waals surface area (Å²) in [4.78, 5) is 30.2. The number of carbonyl (C=O) groups is 2. The molecule has 1 fully saturated rings. The largest absolute Gasteiger partial charge is 0.343 e. The topological polar surface area (TPSA) is 88.3 Å². The van der Waals surface area contributed by atoms with E-state index in [1.165, 1.54) is 12.1 Å². The minimum absolute atomic E-state index is 0.0737. The summed E-state index contributed by atoms with van der Waals surface area (Å²) in [6.45, 7) is 0.535. The predicted molar refractivity (Wildman–Crippen MR) is 101 cm³/mol. The van der Waals surface area contributed by atoms with Crippen LogP contribution in [0.1, 0.15) is 40.0 Å². The van der Waals surface area contributed by atoms with Crippen LogP contribution in [0.3, 0.4) is 0 Å². The lowest BCUT2D eigenvalue weighted by molar-refractivity contribution is -0.128. The summed E-state index contributed by atoms with van der Waals surface area (Å²) in [5, 5.41) is 6.26. The summed E-state index contributed by atoms with van der Waals surface area (Å²) in [5.74, 6) is -2.74. The molecule has 1 aliphatic rings. The van der Waals surface area contributed by atoms with Gasteiger partial charge in [0.15, 0.2) is 5.82 Å². The maximum atomic E-state index is 13.7. The van der Waals surface area contributed by atoms with Crippen LogP contribution in [0.25, 0.3) is 0 Å². The van der Waals surface area contributed by atoms with E-state index < -0.39 is 23.1 Å². The fraction of sp³-hybridized carbons (Fsp3) is 0.238. The van der Waals surface area contributed by atoms with E-state index in [1.54, 1.807) is 17.0 Å². The van der Waals surface area contributed by atoms with Crippen molar-refractivity contribution in [1.29, 1.82) is 0 Å². The predicted octanol–water partition coefficient (Wildman–Crippen LogP) is 2.93. The smallest absolute Gasteiger partial charge is 0.254 e. The van der Waals surface area contributed by atoms with E-state index in [1.807, 2.05) is 0 Å². The zero-order chi connectivity index (χ0) is 22.0. The molecule has 0 saturated carbocycles. The second-order valence-electron chi connectivity index (χ2n) is 7.15. The summed E-state index contributed by atoms with van der Waals surface area (Å²) in [5.41, 5.74) is 0.369. The van der Waals surface area contributed by atoms with Crippen molar-refractivity contribution in [3.8, 4) is 0 Å². The van der Waals surface area contributed by atoms with Gasteiger partial charge >= 0.3 is 0 Å². The molecule has 0 unspecified atom stereocenters. The molecule has 3 aromatic rings. The standard InChI is InChI=1S/C21H17F3N4O3/c22-14-3-1-12(2-4-14)10-28-11-13(7-19(28)29)20-26-18(31-27-20)9-25-21(30)16-8-15(23)5-6-17(16)24/h1-6,8,13H,7,9-11H2,(H,25,30)/t13-/m0/s1. The van der Waals surface area contributed by atoms with Gasteiger partial charge in [0.2, 0.25) is 11.8 Å². The van der Waals surface area contributed by atoms with Crippen LogP contribution in [-0.2, 0) is 17.9 Å². The normalized spacial score (nSPS) is 16.0. The van der Waals surface area contributed by atoms with Crippen molar-refractivity contribution in [2.45, 2.75) is 25.4 Å². The zero-order valence-corrected chi connectivity index (χ0v) is 16.1. The SMILES string of the molecule is O=C(NCc1nc([C@H]2CC(=O)N(Cc3ccc(F)cc3)C2)no1)c1cc(F)ccc1F. The first-order valence-corrected chi connectivity index (χ1v) is 9.47. The molecular formula is C21H17F3N4O3. The summed E-state index contributed by atoms with van der Waals surface area (Å²) in [6.07, 6.45) is 0.195. The molecule has 1 atom stereocenters. The Hall–Kier alpha value is -3.69. The van der Waals surface area contributed by atoms with Gasteiger partial charge < -0.3 is 14.7 Å². The number of nitrogens with one attached hydrogen (secondary N) is 1. The summed E-state index contributed by atoms with van der Waals surface area (Å²) in [6, 6.07) is 8.48. The van der Waals surface area contributed by atoms with E-state index in [2.05, 4.69) is 15.5 Å². The van der Waals surface area contributed by atoms with Gasteiger partial charge in [0.05, 0.1) is 12.1 Å². The molecule has 0 spiro atoms. The second kappa shape index (κ2) is 8.58. The van der Waals surface area contributed by atoms with Crippen molar-refractivity contribution in [2.75, 3.05) is 6.54 Å². The maximum Gasteiger partial charge on any atom is 0.254 e.